The van der Waals surface area contributed by atoms with Gasteiger partial charge >= 0.3 is 0 Å². The minimum atomic E-state index is -3.70. The summed E-state index contributed by atoms with van der Waals surface area (Å²) in [4.78, 5) is 0. The summed E-state index contributed by atoms with van der Waals surface area (Å²) in [5.41, 5.74) is 1.98. The topological polar surface area (TPSA) is 103 Å². The summed E-state index contributed by atoms with van der Waals surface area (Å²) in [6.07, 6.45) is 5.29. The van der Waals surface area contributed by atoms with Crippen molar-refractivity contribution in [3.8, 4) is 0 Å². The van der Waals surface area contributed by atoms with Crippen LogP contribution in [0.25, 0.3) is 0 Å². The highest BCUT2D eigenvalue weighted by Crippen LogP contribution is 2.38. The highest BCUT2D eigenvalue weighted by molar-refractivity contribution is 7.87. The standard InChI is InChI=1S/C15H21N5O2S/c16-23(21,22)17-9-15-11-20(19-18-15)10-12-6-7-14(8-12)13-4-2-1-3-5-13/h1-5,11-12,14,17H,6-10H2,(H2,16,21,22)/t12-,14-/m1/s1. The van der Waals surface area contributed by atoms with E-state index < -0.39 is 10.2 Å². The van der Waals surface area contributed by atoms with E-state index in [-0.39, 0.29) is 6.54 Å². The van der Waals surface area contributed by atoms with Gasteiger partial charge in [-0.1, -0.05) is 35.5 Å². The summed E-state index contributed by atoms with van der Waals surface area (Å²) in [6, 6.07) is 10.6. The summed E-state index contributed by atoms with van der Waals surface area (Å²) in [6.45, 7) is 0.877. The van der Waals surface area contributed by atoms with Gasteiger partial charge in [0.05, 0.1) is 12.2 Å². The Bertz CT molecular complexity index is 744. The fourth-order valence-electron chi connectivity index (χ4n) is 3.22. The highest BCUT2D eigenvalue weighted by atomic mass is 32.2. The first-order valence-corrected chi connectivity index (χ1v) is 9.25. The predicted molar refractivity (Wildman–Crippen MR) is 86.5 cm³/mol. The van der Waals surface area contributed by atoms with Crippen LogP contribution in [-0.4, -0.2) is 23.4 Å². The maximum absolute atomic E-state index is 10.9. The SMILES string of the molecule is NS(=O)(=O)NCc1cn(C[C@@H]2CC[C@@H](c3ccccc3)C2)nn1. The van der Waals surface area contributed by atoms with Crippen molar-refractivity contribution in [1.29, 1.82) is 0 Å². The zero-order chi connectivity index (χ0) is 16.3. The van der Waals surface area contributed by atoms with Crippen molar-refractivity contribution in [3.05, 3.63) is 47.8 Å². The number of nitrogens with one attached hydrogen (secondary N) is 1. The van der Waals surface area contributed by atoms with E-state index in [9.17, 15) is 8.42 Å². The average Bonchev–Trinajstić information content (AvgIpc) is 3.15. The van der Waals surface area contributed by atoms with Gasteiger partial charge in [0, 0.05) is 12.7 Å². The predicted octanol–water partition coefficient (Wildman–Crippen LogP) is 1.16. The van der Waals surface area contributed by atoms with Crippen molar-refractivity contribution in [2.75, 3.05) is 0 Å². The Morgan fingerprint density at radius 3 is 2.78 bits per heavy atom. The molecule has 0 radical (unpaired) electrons. The van der Waals surface area contributed by atoms with Crippen molar-refractivity contribution in [3.63, 3.8) is 0 Å². The Labute approximate surface area is 136 Å². The Kier molecular flexibility index (Phi) is 4.74. The van der Waals surface area contributed by atoms with E-state index in [1.165, 1.54) is 18.4 Å². The maximum Gasteiger partial charge on any atom is 0.274 e. The van der Waals surface area contributed by atoms with Gasteiger partial charge in [0.25, 0.3) is 10.2 Å². The molecule has 0 aliphatic heterocycles. The molecule has 1 heterocycles. The molecule has 8 heteroatoms. The molecule has 0 unspecified atom stereocenters. The number of nitrogens with zero attached hydrogens (tertiary/aromatic N) is 3. The lowest BCUT2D eigenvalue weighted by molar-refractivity contribution is 0.417. The number of hydrogen-bond acceptors (Lipinski definition) is 4. The van der Waals surface area contributed by atoms with Crippen molar-refractivity contribution < 1.29 is 8.42 Å². The Morgan fingerprint density at radius 1 is 1.26 bits per heavy atom. The summed E-state index contributed by atoms with van der Waals surface area (Å²) in [5, 5.41) is 12.9. The minimum Gasteiger partial charge on any atom is -0.252 e. The second-order valence-electron chi connectivity index (χ2n) is 6.08. The van der Waals surface area contributed by atoms with Crippen molar-refractivity contribution in [1.82, 2.24) is 19.7 Å². The summed E-state index contributed by atoms with van der Waals surface area (Å²) >= 11 is 0. The van der Waals surface area contributed by atoms with Crippen LogP contribution >= 0.6 is 0 Å². The first-order chi connectivity index (χ1) is 11.0. The van der Waals surface area contributed by atoms with E-state index in [0.29, 0.717) is 17.5 Å². The zero-order valence-corrected chi connectivity index (χ0v) is 13.6. The molecule has 2 aromatic rings. The number of hydrogen-bond donors (Lipinski definition) is 2. The third kappa shape index (κ3) is 4.60. The van der Waals surface area contributed by atoms with Crippen molar-refractivity contribution in [2.24, 2.45) is 11.1 Å². The average molecular weight is 335 g/mol. The molecule has 1 aromatic heterocycles. The van der Waals surface area contributed by atoms with Gasteiger partial charge in [0.15, 0.2) is 0 Å². The summed E-state index contributed by atoms with van der Waals surface area (Å²) < 4.78 is 25.7. The molecule has 1 aliphatic carbocycles. The molecule has 0 amide bonds. The minimum absolute atomic E-state index is 0.0656. The molecule has 124 valence electrons. The number of aromatic nitrogens is 3. The lowest BCUT2D eigenvalue weighted by Gasteiger charge is -2.11. The normalized spacial score (nSPS) is 21.6. The fraction of sp³-hybridized carbons (Fsp3) is 0.467. The Hall–Kier alpha value is -1.77. The van der Waals surface area contributed by atoms with Crippen LogP contribution in [-0.2, 0) is 23.3 Å². The molecule has 1 aliphatic rings. The molecule has 0 saturated heterocycles. The number of benzene rings is 1. The Morgan fingerprint density at radius 2 is 2.04 bits per heavy atom. The quantitative estimate of drug-likeness (QED) is 0.826. The fourth-order valence-corrected chi connectivity index (χ4v) is 3.57. The van der Waals surface area contributed by atoms with Crippen LogP contribution in [0.2, 0.25) is 0 Å². The van der Waals surface area contributed by atoms with Gasteiger partial charge in [-0.15, -0.1) is 5.10 Å². The molecule has 23 heavy (non-hydrogen) atoms. The van der Waals surface area contributed by atoms with Crippen LogP contribution < -0.4 is 9.86 Å². The zero-order valence-electron chi connectivity index (χ0n) is 12.8. The molecule has 1 saturated carbocycles. The first kappa shape index (κ1) is 16.1. The van der Waals surface area contributed by atoms with E-state index in [0.717, 1.165) is 13.0 Å². The molecule has 2 atom stereocenters. The van der Waals surface area contributed by atoms with Crippen LogP contribution in [0.15, 0.2) is 36.5 Å². The van der Waals surface area contributed by atoms with Gasteiger partial charge in [-0.3, -0.25) is 4.68 Å². The smallest absolute Gasteiger partial charge is 0.252 e. The molecule has 1 fully saturated rings. The molecular formula is C15H21N5O2S. The third-order valence-corrected chi connectivity index (χ3v) is 4.84. The van der Waals surface area contributed by atoms with E-state index in [1.807, 2.05) is 6.07 Å². The molecular weight excluding hydrogens is 314 g/mol. The van der Waals surface area contributed by atoms with E-state index in [4.69, 9.17) is 5.14 Å². The van der Waals surface area contributed by atoms with Gasteiger partial charge in [-0.25, -0.2) is 5.14 Å². The molecule has 3 rings (SSSR count). The van der Waals surface area contributed by atoms with Gasteiger partial charge in [0.2, 0.25) is 0 Å². The second kappa shape index (κ2) is 6.77. The lowest BCUT2D eigenvalue weighted by atomic mass is 9.96. The van der Waals surface area contributed by atoms with E-state index >= 15 is 0 Å². The monoisotopic (exact) mass is 335 g/mol. The number of rotatable bonds is 6. The van der Waals surface area contributed by atoms with Crippen LogP contribution in [0, 0.1) is 5.92 Å². The van der Waals surface area contributed by atoms with Crippen LogP contribution in [0.5, 0.6) is 0 Å². The van der Waals surface area contributed by atoms with Crippen LogP contribution in [0.4, 0.5) is 0 Å². The molecule has 7 nitrogen and oxygen atoms in total. The molecule has 0 spiro atoms. The largest absolute Gasteiger partial charge is 0.274 e. The van der Waals surface area contributed by atoms with Crippen molar-refractivity contribution >= 4 is 10.2 Å². The van der Waals surface area contributed by atoms with Crippen LogP contribution in [0.3, 0.4) is 0 Å². The Balaban J connectivity index is 1.54. The van der Waals surface area contributed by atoms with Gasteiger partial charge in [0.1, 0.15) is 0 Å². The van der Waals surface area contributed by atoms with Gasteiger partial charge < -0.3 is 0 Å². The summed E-state index contributed by atoms with van der Waals surface area (Å²) in [5.74, 6) is 1.19. The van der Waals surface area contributed by atoms with Gasteiger partial charge in [-0.2, -0.15) is 13.1 Å². The van der Waals surface area contributed by atoms with Crippen molar-refractivity contribution in [2.45, 2.75) is 38.3 Å². The number of nitrogens with two attached hydrogens (primary N) is 1. The third-order valence-electron chi connectivity index (χ3n) is 4.30. The molecule has 3 N–H and O–H groups in total. The summed E-state index contributed by atoms with van der Waals surface area (Å²) in [7, 11) is -3.70. The highest BCUT2D eigenvalue weighted by Gasteiger charge is 2.26. The van der Waals surface area contributed by atoms with E-state index in [1.54, 1.807) is 10.9 Å². The first-order valence-electron chi connectivity index (χ1n) is 7.71. The van der Waals surface area contributed by atoms with Crippen LogP contribution in [0.1, 0.15) is 36.4 Å². The molecule has 1 aromatic carbocycles. The maximum atomic E-state index is 10.9. The lowest BCUT2D eigenvalue weighted by Crippen LogP contribution is -2.30. The molecule has 0 bridgehead atoms. The van der Waals surface area contributed by atoms with E-state index in [2.05, 4.69) is 39.3 Å². The second-order valence-corrected chi connectivity index (χ2v) is 7.46. The van der Waals surface area contributed by atoms with Gasteiger partial charge in [-0.05, 0) is 36.7 Å².